The molecule has 4 aromatic rings. The smallest absolute Gasteiger partial charge is 0.410 e. The summed E-state index contributed by atoms with van der Waals surface area (Å²) in [4.78, 5) is 32.3. The quantitative estimate of drug-likeness (QED) is 0.138. The molecule has 8 nitrogen and oxygen atoms in total. The highest BCUT2D eigenvalue weighted by Crippen LogP contribution is 2.40. The van der Waals surface area contributed by atoms with Crippen molar-refractivity contribution < 1.29 is 23.8 Å². The van der Waals surface area contributed by atoms with Crippen LogP contribution in [0.2, 0.25) is 0 Å². The number of rotatable bonds is 12. The summed E-state index contributed by atoms with van der Waals surface area (Å²) in [5, 5.41) is 1.19. The molecule has 3 heterocycles. The Morgan fingerprint density at radius 2 is 1.67 bits per heavy atom. The summed E-state index contributed by atoms with van der Waals surface area (Å²) in [7, 11) is 0. The Balaban J connectivity index is 1.11. The van der Waals surface area contributed by atoms with Crippen molar-refractivity contribution in [3.8, 4) is 11.1 Å². The van der Waals surface area contributed by atoms with Crippen LogP contribution in [0.1, 0.15) is 89.2 Å². The van der Waals surface area contributed by atoms with Crippen LogP contribution < -0.4 is 0 Å². The third kappa shape index (κ3) is 8.89. The van der Waals surface area contributed by atoms with Crippen molar-refractivity contribution in [1.29, 1.82) is 0 Å². The van der Waals surface area contributed by atoms with Gasteiger partial charge < -0.3 is 28.6 Å². The zero-order valence-electron chi connectivity index (χ0n) is 31.2. The van der Waals surface area contributed by atoms with Crippen molar-refractivity contribution in [2.45, 2.75) is 109 Å². The lowest BCUT2D eigenvalue weighted by Crippen LogP contribution is -2.51. The maximum Gasteiger partial charge on any atom is 0.410 e. The van der Waals surface area contributed by atoms with Crippen LogP contribution in [-0.2, 0) is 32.1 Å². The molecule has 8 heteroatoms. The molecule has 2 aliphatic heterocycles. The first-order chi connectivity index (χ1) is 25.2. The van der Waals surface area contributed by atoms with Gasteiger partial charge in [-0.2, -0.15) is 0 Å². The van der Waals surface area contributed by atoms with Gasteiger partial charge in [0.1, 0.15) is 5.60 Å². The molecule has 3 atom stereocenters. The number of aryl methyl sites for hydroxylation is 1. The predicted octanol–water partition coefficient (Wildman–Crippen LogP) is 9.16. The molecule has 3 aliphatic rings. The molecule has 2 saturated heterocycles. The minimum absolute atomic E-state index is 0.0151. The van der Waals surface area contributed by atoms with Gasteiger partial charge in [0.25, 0.3) is 0 Å². The largest absolute Gasteiger partial charge is 0.444 e. The van der Waals surface area contributed by atoms with Gasteiger partial charge >= 0.3 is 6.09 Å². The van der Waals surface area contributed by atoms with E-state index in [9.17, 15) is 4.79 Å². The minimum atomic E-state index is -0.609. The van der Waals surface area contributed by atoms with Gasteiger partial charge in [-0.15, -0.1) is 0 Å². The van der Waals surface area contributed by atoms with Crippen molar-refractivity contribution in [3.05, 3.63) is 96.2 Å². The second-order valence-electron chi connectivity index (χ2n) is 15.9. The number of benzene rings is 3. The Morgan fingerprint density at radius 3 is 2.44 bits per heavy atom. The summed E-state index contributed by atoms with van der Waals surface area (Å²) in [6.07, 6.45) is 9.83. The van der Waals surface area contributed by atoms with Crippen molar-refractivity contribution in [3.63, 3.8) is 0 Å². The summed E-state index contributed by atoms with van der Waals surface area (Å²) in [5.41, 5.74) is 5.20. The molecule has 3 aromatic carbocycles. The number of carbonyl (C=O) groups excluding carboxylic acids is 2. The highest BCUT2D eigenvalue weighted by molar-refractivity contribution is 5.86. The molecule has 7 rings (SSSR count). The maximum atomic E-state index is 15.0. The molecule has 3 fully saturated rings. The number of amides is 2. The lowest BCUT2D eigenvalue weighted by Gasteiger charge is -2.40. The van der Waals surface area contributed by atoms with Crippen LogP contribution in [0.15, 0.2) is 85.1 Å². The number of likely N-dealkylation sites (tertiary alicyclic amines) is 1. The fraction of sp³-hybridized carbons (Fsp3) is 0.500. The molecule has 1 unspecified atom stereocenters. The van der Waals surface area contributed by atoms with Crippen LogP contribution in [0, 0.1) is 5.92 Å². The third-order valence-electron chi connectivity index (χ3n) is 10.7. The first kappa shape index (κ1) is 36.2. The minimum Gasteiger partial charge on any atom is -0.444 e. The number of aromatic nitrogens is 1. The van der Waals surface area contributed by atoms with Crippen molar-refractivity contribution in [2.24, 2.45) is 5.92 Å². The number of ether oxygens (including phenoxy) is 3. The van der Waals surface area contributed by atoms with Gasteiger partial charge in [0.05, 0.1) is 5.92 Å². The number of hydrogen-bond donors (Lipinski definition) is 0. The van der Waals surface area contributed by atoms with Crippen LogP contribution in [0.25, 0.3) is 22.0 Å². The van der Waals surface area contributed by atoms with Gasteiger partial charge in [-0.1, -0.05) is 72.8 Å². The first-order valence-electron chi connectivity index (χ1n) is 19.5. The molecule has 0 bridgehead atoms. The van der Waals surface area contributed by atoms with Gasteiger partial charge in [-0.25, -0.2) is 4.79 Å². The van der Waals surface area contributed by atoms with Crippen LogP contribution in [0.5, 0.6) is 0 Å². The molecule has 0 N–H and O–H groups in total. The van der Waals surface area contributed by atoms with Crippen molar-refractivity contribution >= 4 is 22.9 Å². The van der Waals surface area contributed by atoms with Crippen molar-refractivity contribution in [2.75, 3.05) is 26.3 Å². The lowest BCUT2D eigenvalue weighted by atomic mass is 9.79. The van der Waals surface area contributed by atoms with E-state index in [0.29, 0.717) is 32.7 Å². The van der Waals surface area contributed by atoms with E-state index in [1.165, 1.54) is 22.9 Å². The zero-order valence-corrected chi connectivity index (χ0v) is 31.2. The molecule has 276 valence electrons. The summed E-state index contributed by atoms with van der Waals surface area (Å²) in [6.45, 7) is 9.51. The van der Waals surface area contributed by atoms with E-state index in [2.05, 4.69) is 88.5 Å². The Labute approximate surface area is 309 Å². The van der Waals surface area contributed by atoms with Gasteiger partial charge in [0.2, 0.25) is 5.91 Å². The molecule has 1 aromatic heterocycles. The number of hydrogen-bond acceptors (Lipinski definition) is 5. The summed E-state index contributed by atoms with van der Waals surface area (Å²) < 4.78 is 19.9. The Kier molecular flexibility index (Phi) is 11.3. The van der Waals surface area contributed by atoms with E-state index in [0.717, 1.165) is 68.4 Å². The second-order valence-corrected chi connectivity index (χ2v) is 15.9. The van der Waals surface area contributed by atoms with Crippen LogP contribution in [0.3, 0.4) is 0 Å². The standard InChI is InChI=1S/C44H55N3O5/c1-44(2,3)52-43(49)46-25-23-37(34-17-13-16-33(28-34)32-14-5-4-6-15-32)39(31-46)42(48)47(36-21-22-36)30-35-29-45(40-19-8-7-18-38(35)40)24-10-12-27-51-41-20-9-11-26-50-41/h4-8,13-19,28-29,36-37,39,41H,9-12,20-27,30-31H2,1-3H3/t37-,39+,41?/m1/s1. The van der Waals surface area contributed by atoms with Crippen LogP contribution >= 0.6 is 0 Å². The molecule has 2 amide bonds. The number of unbranched alkanes of at least 4 members (excludes halogenated alkanes) is 1. The number of piperidine rings is 1. The van der Waals surface area contributed by atoms with E-state index in [1.54, 1.807) is 4.90 Å². The second kappa shape index (κ2) is 16.3. The zero-order chi connectivity index (χ0) is 36.1. The van der Waals surface area contributed by atoms with Gasteiger partial charge in [0, 0.05) is 62.5 Å². The van der Waals surface area contributed by atoms with Crippen LogP contribution in [-0.4, -0.2) is 70.6 Å². The van der Waals surface area contributed by atoms with E-state index in [4.69, 9.17) is 14.2 Å². The van der Waals surface area contributed by atoms with E-state index < -0.39 is 5.60 Å². The van der Waals surface area contributed by atoms with Gasteiger partial charge in [0.15, 0.2) is 6.29 Å². The van der Waals surface area contributed by atoms with Gasteiger partial charge in [-0.3, -0.25) is 4.79 Å². The average molecular weight is 706 g/mol. The number of para-hydroxylation sites is 1. The normalized spacial score (nSPS) is 20.9. The Bertz CT molecular complexity index is 1800. The highest BCUT2D eigenvalue weighted by Gasteiger charge is 2.43. The summed E-state index contributed by atoms with van der Waals surface area (Å²) in [6, 6.07) is 27.8. The van der Waals surface area contributed by atoms with E-state index >= 15 is 4.79 Å². The maximum absolute atomic E-state index is 15.0. The van der Waals surface area contributed by atoms with Crippen molar-refractivity contribution in [1.82, 2.24) is 14.4 Å². The Morgan fingerprint density at radius 1 is 0.885 bits per heavy atom. The lowest BCUT2D eigenvalue weighted by molar-refractivity contribution is -0.162. The number of nitrogens with zero attached hydrogens (tertiary/aromatic N) is 3. The predicted molar refractivity (Wildman–Crippen MR) is 205 cm³/mol. The Hall–Kier alpha value is -4.14. The first-order valence-corrected chi connectivity index (χ1v) is 19.5. The van der Waals surface area contributed by atoms with E-state index in [-0.39, 0.29) is 36.2 Å². The molecular weight excluding hydrogens is 651 g/mol. The topological polar surface area (TPSA) is 73.2 Å². The monoisotopic (exact) mass is 705 g/mol. The summed E-state index contributed by atoms with van der Waals surface area (Å²) >= 11 is 0. The average Bonchev–Trinajstić information content (AvgIpc) is 3.95. The van der Waals surface area contributed by atoms with Gasteiger partial charge in [-0.05, 0) is 106 Å². The van der Waals surface area contributed by atoms with Crippen LogP contribution in [0.4, 0.5) is 4.79 Å². The molecule has 52 heavy (non-hydrogen) atoms. The third-order valence-corrected chi connectivity index (χ3v) is 10.7. The summed E-state index contributed by atoms with van der Waals surface area (Å²) in [5.74, 6) is -0.266. The highest BCUT2D eigenvalue weighted by atomic mass is 16.7. The number of fused-ring (bicyclic) bond motifs is 1. The van der Waals surface area contributed by atoms with E-state index in [1.807, 2.05) is 26.8 Å². The SMILES string of the molecule is CC(C)(C)OC(=O)N1CC[C@H](c2cccc(-c3ccccc3)c2)[C@@H](C(=O)N(Cc2cn(CCCCOC3CCCCO3)c3ccccc23)C2CC2)C1. The molecule has 0 spiro atoms. The molecule has 1 saturated carbocycles. The molecule has 0 radical (unpaired) electrons. The molecule has 1 aliphatic carbocycles. The fourth-order valence-corrected chi connectivity index (χ4v) is 7.92. The number of carbonyl (C=O) groups is 2. The fourth-order valence-electron chi connectivity index (χ4n) is 7.92. The molecular formula is C44H55N3O5.